The van der Waals surface area contributed by atoms with Crippen molar-refractivity contribution in [3.05, 3.63) is 0 Å². The van der Waals surface area contributed by atoms with Gasteiger partial charge in [0.1, 0.15) is 0 Å². The average Bonchev–Trinajstić information content (AvgIpc) is 2.71. The monoisotopic (exact) mass is 452 g/mol. The molecule has 0 heterocycles. The van der Waals surface area contributed by atoms with Crippen LogP contribution in [0.2, 0.25) is 0 Å². The largest absolute Gasteiger partial charge is 0.466 e. The molecule has 0 aromatic heterocycles. The van der Waals surface area contributed by atoms with Gasteiger partial charge >= 0.3 is 18.1 Å². The number of esters is 2. The summed E-state index contributed by atoms with van der Waals surface area (Å²) >= 11 is 0. The number of halogens is 3. The molecule has 0 unspecified atom stereocenters. The van der Waals surface area contributed by atoms with Gasteiger partial charge in [0.25, 0.3) is 0 Å². The van der Waals surface area contributed by atoms with E-state index in [1.807, 2.05) is 0 Å². The average molecular weight is 453 g/mol. The van der Waals surface area contributed by atoms with Gasteiger partial charge in [-0.2, -0.15) is 13.2 Å². The van der Waals surface area contributed by atoms with Crippen molar-refractivity contribution in [3.8, 4) is 0 Å². The Morgan fingerprint density at radius 1 is 0.581 bits per heavy atom. The lowest BCUT2D eigenvalue weighted by molar-refractivity contribution is -0.186. The second kappa shape index (κ2) is 20.6. The predicted molar refractivity (Wildman–Crippen MR) is 117 cm³/mol. The second-order valence-corrected chi connectivity index (χ2v) is 8.30. The molecule has 0 saturated heterocycles. The first kappa shape index (κ1) is 29.7. The molecule has 0 aromatic carbocycles. The van der Waals surface area contributed by atoms with Gasteiger partial charge in [-0.1, -0.05) is 96.8 Å². The van der Waals surface area contributed by atoms with Gasteiger partial charge < -0.3 is 9.47 Å². The summed E-state index contributed by atoms with van der Waals surface area (Å²) in [5.41, 5.74) is 0. The molecule has 0 aliphatic carbocycles. The Labute approximate surface area is 186 Å². The predicted octanol–water partition coefficient (Wildman–Crippen LogP) is 7.68. The first-order valence-corrected chi connectivity index (χ1v) is 12.2. The Hall–Kier alpha value is -1.27. The number of rotatable bonds is 21. The summed E-state index contributed by atoms with van der Waals surface area (Å²) in [6.45, 7) is 1.02. The number of ether oxygens (including phenoxy) is 2. The molecule has 0 atom stereocenters. The zero-order valence-electron chi connectivity index (χ0n) is 19.4. The number of alkyl halides is 3. The normalized spacial score (nSPS) is 11.5. The van der Waals surface area contributed by atoms with E-state index in [0.717, 1.165) is 19.3 Å². The molecule has 0 N–H and O–H groups in total. The van der Waals surface area contributed by atoms with Crippen molar-refractivity contribution in [1.82, 2.24) is 0 Å². The number of hydrogen-bond acceptors (Lipinski definition) is 4. The lowest BCUT2D eigenvalue weighted by Gasteiger charge is -2.08. The molecule has 0 spiro atoms. The van der Waals surface area contributed by atoms with E-state index in [1.54, 1.807) is 0 Å². The minimum atomic E-state index is -4.53. The van der Waals surface area contributed by atoms with Crippen LogP contribution < -0.4 is 0 Å². The van der Waals surface area contributed by atoms with Crippen LogP contribution in [0.5, 0.6) is 0 Å². The summed E-state index contributed by atoms with van der Waals surface area (Å²) in [5, 5.41) is 0. The van der Waals surface area contributed by atoms with Crippen LogP contribution in [-0.2, 0) is 19.1 Å². The Morgan fingerprint density at radius 2 is 0.968 bits per heavy atom. The van der Waals surface area contributed by atoms with Crippen LogP contribution in [0.15, 0.2) is 0 Å². The van der Waals surface area contributed by atoms with E-state index in [4.69, 9.17) is 4.74 Å². The van der Waals surface area contributed by atoms with E-state index in [1.165, 1.54) is 77.0 Å². The Kier molecular flexibility index (Phi) is 19.8. The van der Waals surface area contributed by atoms with Gasteiger partial charge in [-0.15, -0.1) is 0 Å². The third-order valence-electron chi connectivity index (χ3n) is 5.17. The number of hydrogen-bond donors (Lipinski definition) is 0. The van der Waals surface area contributed by atoms with E-state index in [2.05, 4.69) is 11.7 Å². The van der Waals surface area contributed by atoms with Crippen LogP contribution in [0.3, 0.4) is 0 Å². The molecule has 0 saturated carbocycles. The lowest BCUT2D eigenvalue weighted by atomic mass is 10.0. The lowest BCUT2D eigenvalue weighted by Crippen LogP contribution is -2.20. The first-order chi connectivity index (χ1) is 14.8. The van der Waals surface area contributed by atoms with Crippen LogP contribution in [0.25, 0.3) is 0 Å². The Morgan fingerprint density at radius 3 is 1.39 bits per heavy atom. The molecule has 31 heavy (non-hydrogen) atoms. The van der Waals surface area contributed by atoms with E-state index in [9.17, 15) is 22.8 Å². The molecule has 0 aromatic rings. The minimum Gasteiger partial charge on any atom is -0.466 e. The van der Waals surface area contributed by atoms with Gasteiger partial charge in [0.15, 0.2) is 6.61 Å². The maximum atomic E-state index is 11.9. The highest BCUT2D eigenvalue weighted by Crippen LogP contribution is 2.15. The van der Waals surface area contributed by atoms with Crippen molar-refractivity contribution in [2.75, 3.05) is 13.2 Å². The number of carbonyl (C=O) groups is 2. The third kappa shape index (κ3) is 24.9. The molecule has 0 aliphatic heterocycles. The first-order valence-electron chi connectivity index (χ1n) is 12.2. The summed E-state index contributed by atoms with van der Waals surface area (Å²) in [7, 11) is 0. The summed E-state index contributed by atoms with van der Waals surface area (Å²) in [4.78, 5) is 22.6. The molecule has 7 heteroatoms. The molecule has 4 nitrogen and oxygen atoms in total. The fourth-order valence-corrected chi connectivity index (χ4v) is 3.34. The zero-order valence-corrected chi connectivity index (χ0v) is 19.4. The minimum absolute atomic E-state index is 0.0137. The standard InChI is InChI=1S/C24H43F3O4/c1-2-3-4-5-6-7-8-9-10-11-12-13-14-15-16-20-30-22(28)18-17-19-23(29)31-21-24(25,26)27/h2-21H2,1H3. The highest BCUT2D eigenvalue weighted by Gasteiger charge is 2.29. The van der Waals surface area contributed by atoms with Crippen molar-refractivity contribution in [2.45, 2.75) is 129 Å². The molecule has 184 valence electrons. The quantitative estimate of drug-likeness (QED) is 0.132. The van der Waals surface area contributed by atoms with Gasteiger partial charge in [0.2, 0.25) is 0 Å². The van der Waals surface area contributed by atoms with Crippen molar-refractivity contribution < 1.29 is 32.2 Å². The van der Waals surface area contributed by atoms with Crippen molar-refractivity contribution in [1.29, 1.82) is 0 Å². The highest BCUT2D eigenvalue weighted by atomic mass is 19.4. The Bertz CT molecular complexity index is 439. The maximum Gasteiger partial charge on any atom is 0.422 e. The molecular formula is C24H43F3O4. The van der Waals surface area contributed by atoms with Crippen LogP contribution in [0.4, 0.5) is 13.2 Å². The molecule has 0 bridgehead atoms. The van der Waals surface area contributed by atoms with Gasteiger partial charge in [-0.05, 0) is 12.8 Å². The molecule has 0 aliphatic rings. The maximum absolute atomic E-state index is 11.9. The molecule has 0 rings (SSSR count). The van der Waals surface area contributed by atoms with Crippen LogP contribution in [0, 0.1) is 0 Å². The summed E-state index contributed by atoms with van der Waals surface area (Å²) in [5.74, 6) is -1.37. The Balaban J connectivity index is 3.28. The topological polar surface area (TPSA) is 52.6 Å². The summed E-state index contributed by atoms with van der Waals surface area (Å²) in [6.07, 6.45) is 14.4. The van der Waals surface area contributed by atoms with Crippen molar-refractivity contribution in [2.24, 2.45) is 0 Å². The highest BCUT2D eigenvalue weighted by molar-refractivity contribution is 5.72. The van der Waals surface area contributed by atoms with E-state index in [-0.39, 0.29) is 19.3 Å². The van der Waals surface area contributed by atoms with Crippen LogP contribution in [-0.4, -0.2) is 31.3 Å². The van der Waals surface area contributed by atoms with E-state index in [0.29, 0.717) is 6.61 Å². The third-order valence-corrected chi connectivity index (χ3v) is 5.17. The summed E-state index contributed by atoms with van der Waals surface area (Å²) < 4.78 is 44.9. The molecule has 0 amide bonds. The SMILES string of the molecule is CCCCCCCCCCCCCCCCCOC(=O)CCCC(=O)OCC(F)(F)F. The fraction of sp³-hybridized carbons (Fsp3) is 0.917. The number of unbranched alkanes of at least 4 members (excludes halogenated alkanes) is 14. The van der Waals surface area contributed by atoms with Crippen LogP contribution in [0.1, 0.15) is 122 Å². The van der Waals surface area contributed by atoms with Crippen molar-refractivity contribution in [3.63, 3.8) is 0 Å². The van der Waals surface area contributed by atoms with Gasteiger partial charge in [0, 0.05) is 12.8 Å². The van der Waals surface area contributed by atoms with E-state index >= 15 is 0 Å². The van der Waals surface area contributed by atoms with Crippen molar-refractivity contribution >= 4 is 11.9 Å². The summed E-state index contributed by atoms with van der Waals surface area (Å²) in [6, 6.07) is 0. The second-order valence-electron chi connectivity index (χ2n) is 8.30. The van der Waals surface area contributed by atoms with Crippen LogP contribution >= 0.6 is 0 Å². The molecular weight excluding hydrogens is 409 g/mol. The molecule has 0 radical (unpaired) electrons. The van der Waals surface area contributed by atoms with Gasteiger partial charge in [-0.3, -0.25) is 9.59 Å². The van der Waals surface area contributed by atoms with Gasteiger partial charge in [0.05, 0.1) is 6.61 Å². The molecule has 0 fully saturated rings. The number of carbonyl (C=O) groups excluding carboxylic acids is 2. The van der Waals surface area contributed by atoms with E-state index < -0.39 is 24.7 Å². The smallest absolute Gasteiger partial charge is 0.422 e. The zero-order chi connectivity index (χ0) is 23.2. The van der Waals surface area contributed by atoms with Gasteiger partial charge in [-0.25, -0.2) is 0 Å². The fourth-order valence-electron chi connectivity index (χ4n) is 3.34.